The predicted octanol–water partition coefficient (Wildman–Crippen LogP) is 3.97. The van der Waals surface area contributed by atoms with Gasteiger partial charge in [-0.1, -0.05) is 35.9 Å². The first-order valence-electron chi connectivity index (χ1n) is 9.18. The standard InChI is InChI=1S/C21H25ClN2O3/c1-15-8-9-17(11-19(15)22)23-21(26)14-24(13-18-6-4-10-27-18)12-16-5-2-3-7-20(16)25/h2-3,5,7-9,11,18,25H,4,6,10,12-14H2,1H3,(H,23,26). The minimum Gasteiger partial charge on any atom is -0.508 e. The van der Waals surface area contributed by atoms with Gasteiger partial charge in [-0.3, -0.25) is 9.69 Å². The fourth-order valence-electron chi connectivity index (χ4n) is 3.22. The van der Waals surface area contributed by atoms with E-state index in [0.717, 1.165) is 30.6 Å². The summed E-state index contributed by atoms with van der Waals surface area (Å²) in [5.41, 5.74) is 2.44. The third kappa shape index (κ3) is 5.70. The van der Waals surface area contributed by atoms with Crippen LogP contribution in [0.2, 0.25) is 5.02 Å². The normalized spacial score (nSPS) is 16.6. The fourth-order valence-corrected chi connectivity index (χ4v) is 3.40. The van der Waals surface area contributed by atoms with E-state index in [9.17, 15) is 9.90 Å². The molecule has 0 bridgehead atoms. The third-order valence-corrected chi connectivity index (χ3v) is 5.10. The van der Waals surface area contributed by atoms with Crippen LogP contribution in [0.3, 0.4) is 0 Å². The van der Waals surface area contributed by atoms with Crippen molar-refractivity contribution in [3.8, 4) is 5.75 Å². The lowest BCUT2D eigenvalue weighted by Gasteiger charge is -2.25. The van der Waals surface area contributed by atoms with Crippen molar-refractivity contribution in [3.63, 3.8) is 0 Å². The van der Waals surface area contributed by atoms with E-state index < -0.39 is 0 Å². The maximum atomic E-state index is 12.6. The monoisotopic (exact) mass is 388 g/mol. The Kier molecular flexibility index (Phi) is 6.72. The molecule has 1 unspecified atom stereocenters. The molecule has 1 aliphatic rings. The van der Waals surface area contributed by atoms with Crippen molar-refractivity contribution in [2.75, 3.05) is 25.0 Å². The molecular weight excluding hydrogens is 364 g/mol. The SMILES string of the molecule is Cc1ccc(NC(=O)CN(Cc2ccccc2O)CC2CCCO2)cc1Cl. The van der Waals surface area contributed by atoms with E-state index in [1.54, 1.807) is 18.2 Å². The number of carbonyl (C=O) groups is 1. The van der Waals surface area contributed by atoms with Crippen LogP contribution >= 0.6 is 11.6 Å². The number of nitrogens with one attached hydrogen (secondary N) is 1. The van der Waals surface area contributed by atoms with Gasteiger partial charge < -0.3 is 15.2 Å². The highest BCUT2D eigenvalue weighted by atomic mass is 35.5. The van der Waals surface area contributed by atoms with Crippen LogP contribution in [-0.4, -0.2) is 41.7 Å². The van der Waals surface area contributed by atoms with Crippen molar-refractivity contribution >= 4 is 23.2 Å². The van der Waals surface area contributed by atoms with E-state index in [1.165, 1.54) is 0 Å². The van der Waals surface area contributed by atoms with Crippen molar-refractivity contribution in [3.05, 3.63) is 58.6 Å². The number of phenols is 1. The summed E-state index contributed by atoms with van der Waals surface area (Å²) in [4.78, 5) is 14.6. The van der Waals surface area contributed by atoms with Crippen molar-refractivity contribution < 1.29 is 14.6 Å². The van der Waals surface area contributed by atoms with E-state index in [-0.39, 0.29) is 24.3 Å². The molecule has 1 heterocycles. The van der Waals surface area contributed by atoms with Gasteiger partial charge in [0.05, 0.1) is 12.6 Å². The summed E-state index contributed by atoms with van der Waals surface area (Å²) in [6, 6.07) is 12.7. The molecule has 5 nitrogen and oxygen atoms in total. The Hall–Kier alpha value is -2.08. The van der Waals surface area contributed by atoms with Gasteiger partial charge in [0.15, 0.2) is 0 Å². The number of amides is 1. The Balaban J connectivity index is 1.66. The quantitative estimate of drug-likeness (QED) is 0.753. The molecule has 0 radical (unpaired) electrons. The highest BCUT2D eigenvalue weighted by Gasteiger charge is 2.22. The van der Waals surface area contributed by atoms with Crippen LogP contribution in [0, 0.1) is 6.92 Å². The number of hydrogen-bond donors (Lipinski definition) is 2. The number of para-hydroxylation sites is 1. The number of nitrogens with zero attached hydrogens (tertiary/aromatic N) is 1. The highest BCUT2D eigenvalue weighted by molar-refractivity contribution is 6.31. The summed E-state index contributed by atoms with van der Waals surface area (Å²) in [6.07, 6.45) is 2.16. The molecule has 1 atom stereocenters. The molecule has 0 spiro atoms. The largest absolute Gasteiger partial charge is 0.508 e. The molecule has 27 heavy (non-hydrogen) atoms. The Morgan fingerprint density at radius 1 is 1.33 bits per heavy atom. The Morgan fingerprint density at radius 3 is 2.85 bits per heavy atom. The fraction of sp³-hybridized carbons (Fsp3) is 0.381. The van der Waals surface area contributed by atoms with Gasteiger partial charge in [0.2, 0.25) is 5.91 Å². The number of ether oxygens (including phenoxy) is 1. The van der Waals surface area contributed by atoms with Gasteiger partial charge >= 0.3 is 0 Å². The molecule has 2 aromatic rings. The number of carbonyl (C=O) groups excluding carboxylic acids is 1. The average Bonchev–Trinajstić information content (AvgIpc) is 3.13. The van der Waals surface area contributed by atoms with Gasteiger partial charge in [0.25, 0.3) is 0 Å². The number of phenolic OH excluding ortho intramolecular Hbond substituents is 1. The molecule has 6 heteroatoms. The lowest BCUT2D eigenvalue weighted by molar-refractivity contribution is -0.117. The zero-order valence-electron chi connectivity index (χ0n) is 15.5. The smallest absolute Gasteiger partial charge is 0.238 e. The zero-order valence-corrected chi connectivity index (χ0v) is 16.2. The summed E-state index contributed by atoms with van der Waals surface area (Å²) < 4.78 is 5.73. The number of hydrogen-bond acceptors (Lipinski definition) is 4. The van der Waals surface area contributed by atoms with Crippen LogP contribution in [0.5, 0.6) is 5.75 Å². The summed E-state index contributed by atoms with van der Waals surface area (Å²) in [7, 11) is 0. The molecule has 0 saturated carbocycles. The first kappa shape index (κ1) is 19.7. The summed E-state index contributed by atoms with van der Waals surface area (Å²) >= 11 is 6.14. The molecule has 144 valence electrons. The molecule has 2 aromatic carbocycles. The maximum Gasteiger partial charge on any atom is 0.238 e. The van der Waals surface area contributed by atoms with Gasteiger partial charge in [-0.15, -0.1) is 0 Å². The molecule has 2 N–H and O–H groups in total. The second-order valence-electron chi connectivity index (χ2n) is 6.95. The lowest BCUT2D eigenvalue weighted by atomic mass is 10.1. The van der Waals surface area contributed by atoms with Gasteiger partial charge in [-0.25, -0.2) is 0 Å². The van der Waals surface area contributed by atoms with Crippen LogP contribution in [0.1, 0.15) is 24.0 Å². The van der Waals surface area contributed by atoms with E-state index in [1.807, 2.05) is 36.1 Å². The highest BCUT2D eigenvalue weighted by Crippen LogP contribution is 2.22. The van der Waals surface area contributed by atoms with E-state index in [2.05, 4.69) is 5.32 Å². The number of aryl methyl sites for hydroxylation is 1. The second kappa shape index (κ2) is 9.22. The van der Waals surface area contributed by atoms with E-state index in [4.69, 9.17) is 16.3 Å². The second-order valence-corrected chi connectivity index (χ2v) is 7.35. The number of anilines is 1. The van der Waals surface area contributed by atoms with E-state index in [0.29, 0.717) is 23.8 Å². The molecule has 3 rings (SSSR count). The number of rotatable bonds is 7. The molecule has 1 saturated heterocycles. The number of halogens is 1. The lowest BCUT2D eigenvalue weighted by Crippen LogP contribution is -2.38. The molecule has 1 fully saturated rings. The summed E-state index contributed by atoms with van der Waals surface area (Å²) in [5, 5.41) is 13.6. The maximum absolute atomic E-state index is 12.6. The first-order valence-corrected chi connectivity index (χ1v) is 9.56. The van der Waals surface area contributed by atoms with Gasteiger partial charge in [0.1, 0.15) is 5.75 Å². The van der Waals surface area contributed by atoms with Crippen LogP contribution in [-0.2, 0) is 16.1 Å². The van der Waals surface area contributed by atoms with E-state index >= 15 is 0 Å². The van der Waals surface area contributed by atoms with Crippen molar-refractivity contribution in [2.24, 2.45) is 0 Å². The van der Waals surface area contributed by atoms with Crippen LogP contribution in [0.25, 0.3) is 0 Å². The molecular formula is C21H25ClN2O3. The van der Waals surface area contributed by atoms with Crippen molar-refractivity contribution in [2.45, 2.75) is 32.4 Å². The summed E-state index contributed by atoms with van der Waals surface area (Å²) in [5.74, 6) is 0.115. The Bertz CT molecular complexity index is 791. The van der Waals surface area contributed by atoms with Gasteiger partial charge in [0, 0.05) is 36.0 Å². The van der Waals surface area contributed by atoms with Crippen LogP contribution in [0.4, 0.5) is 5.69 Å². The molecule has 1 amide bonds. The minimum absolute atomic E-state index is 0.122. The van der Waals surface area contributed by atoms with Crippen molar-refractivity contribution in [1.82, 2.24) is 4.90 Å². The number of aromatic hydroxyl groups is 1. The molecule has 0 aromatic heterocycles. The first-order chi connectivity index (χ1) is 13.0. The average molecular weight is 389 g/mol. The predicted molar refractivity (Wildman–Crippen MR) is 107 cm³/mol. The Labute approximate surface area is 164 Å². The Morgan fingerprint density at radius 2 is 2.15 bits per heavy atom. The topological polar surface area (TPSA) is 61.8 Å². The van der Waals surface area contributed by atoms with Crippen LogP contribution < -0.4 is 5.32 Å². The summed E-state index contributed by atoms with van der Waals surface area (Å²) in [6.45, 7) is 4.03. The molecule has 1 aliphatic heterocycles. The minimum atomic E-state index is -0.122. The van der Waals surface area contributed by atoms with Crippen molar-refractivity contribution in [1.29, 1.82) is 0 Å². The zero-order chi connectivity index (χ0) is 19.2. The molecule has 0 aliphatic carbocycles. The third-order valence-electron chi connectivity index (χ3n) is 4.69. The van der Waals surface area contributed by atoms with Crippen LogP contribution in [0.15, 0.2) is 42.5 Å². The number of benzene rings is 2. The van der Waals surface area contributed by atoms with Gasteiger partial charge in [-0.2, -0.15) is 0 Å². The van der Waals surface area contributed by atoms with Gasteiger partial charge in [-0.05, 0) is 43.5 Å².